The van der Waals surface area contributed by atoms with E-state index in [-0.39, 0.29) is 22.7 Å². The van der Waals surface area contributed by atoms with E-state index in [0.29, 0.717) is 5.02 Å². The van der Waals surface area contributed by atoms with E-state index in [2.05, 4.69) is 5.32 Å². The second-order valence-electron chi connectivity index (χ2n) is 5.95. The molecule has 0 saturated carbocycles. The average molecular weight is 366 g/mol. The number of halogens is 1. The third-order valence-corrected chi connectivity index (χ3v) is 5.85. The van der Waals surface area contributed by atoms with Gasteiger partial charge in [-0.3, -0.25) is 0 Å². The molecule has 2 aromatic rings. The highest BCUT2D eigenvalue weighted by molar-refractivity contribution is 7.87. The molecule has 126 valence electrons. The lowest BCUT2D eigenvalue weighted by Gasteiger charge is -2.24. The molecular formula is C17H16ClNO4S. The molecule has 0 spiro atoms. The highest BCUT2D eigenvalue weighted by Crippen LogP contribution is 2.43. The smallest absolute Gasteiger partial charge is 0.339 e. The minimum absolute atomic E-state index is 0.0338. The molecule has 4 rings (SSSR count). The van der Waals surface area contributed by atoms with Crippen molar-refractivity contribution in [2.24, 2.45) is 0 Å². The molecule has 1 fully saturated rings. The lowest BCUT2D eigenvalue weighted by atomic mass is 9.90. The maximum Gasteiger partial charge on any atom is 0.339 e. The van der Waals surface area contributed by atoms with Gasteiger partial charge in [0.1, 0.15) is 22.5 Å². The van der Waals surface area contributed by atoms with Crippen LogP contribution in [0.15, 0.2) is 47.4 Å². The van der Waals surface area contributed by atoms with Crippen molar-refractivity contribution in [2.45, 2.75) is 23.3 Å². The molecule has 2 aliphatic rings. The van der Waals surface area contributed by atoms with E-state index in [1.807, 2.05) is 0 Å². The second-order valence-corrected chi connectivity index (χ2v) is 7.93. The quantitative estimate of drug-likeness (QED) is 0.847. The minimum Gasteiger partial charge on any atom is -0.488 e. The maximum atomic E-state index is 12.4. The van der Waals surface area contributed by atoms with Gasteiger partial charge in [-0.2, -0.15) is 8.42 Å². The molecule has 2 aromatic carbocycles. The number of nitrogens with one attached hydrogen (secondary N) is 1. The topological polar surface area (TPSA) is 64.6 Å². The standard InChI is InChI=1S/C17H16ClNO4S/c18-11-2-1-3-13(8-11)24(20,21)23-12-4-5-16-15(9-12)14-6-7-19-10-17(14)22-16/h1-5,8-9,14,17,19H,6-7,10H2. The predicted octanol–water partition coefficient (Wildman–Crippen LogP) is 2.95. The summed E-state index contributed by atoms with van der Waals surface area (Å²) in [5, 5.41) is 3.65. The first kappa shape index (κ1) is 15.7. The molecule has 1 saturated heterocycles. The van der Waals surface area contributed by atoms with Gasteiger partial charge in [-0.05, 0) is 49.4 Å². The van der Waals surface area contributed by atoms with Gasteiger partial charge < -0.3 is 14.2 Å². The summed E-state index contributed by atoms with van der Waals surface area (Å²) in [4.78, 5) is 0.0338. The van der Waals surface area contributed by atoms with Crippen LogP contribution in [0.25, 0.3) is 0 Å². The predicted molar refractivity (Wildman–Crippen MR) is 90.4 cm³/mol. The van der Waals surface area contributed by atoms with Crippen molar-refractivity contribution < 1.29 is 17.3 Å². The average Bonchev–Trinajstić information content (AvgIpc) is 2.93. The number of piperidine rings is 1. The summed E-state index contributed by atoms with van der Waals surface area (Å²) in [6, 6.07) is 11.2. The third kappa shape index (κ3) is 2.85. The zero-order chi connectivity index (χ0) is 16.7. The number of ether oxygens (including phenoxy) is 1. The van der Waals surface area contributed by atoms with Crippen LogP contribution < -0.4 is 14.2 Å². The van der Waals surface area contributed by atoms with Crippen molar-refractivity contribution in [3.63, 3.8) is 0 Å². The van der Waals surface area contributed by atoms with Crippen molar-refractivity contribution in [1.82, 2.24) is 5.32 Å². The van der Waals surface area contributed by atoms with Crippen LogP contribution in [0.2, 0.25) is 5.02 Å². The van der Waals surface area contributed by atoms with Crippen molar-refractivity contribution in [1.29, 1.82) is 0 Å². The van der Waals surface area contributed by atoms with Crippen LogP contribution in [-0.2, 0) is 10.1 Å². The number of benzene rings is 2. The summed E-state index contributed by atoms with van der Waals surface area (Å²) in [5.41, 5.74) is 1.01. The minimum atomic E-state index is -3.92. The Hall–Kier alpha value is -1.76. The second kappa shape index (κ2) is 5.95. The Balaban J connectivity index is 1.62. The fourth-order valence-electron chi connectivity index (χ4n) is 3.25. The molecule has 2 aliphatic heterocycles. The van der Waals surface area contributed by atoms with Gasteiger partial charge in [-0.15, -0.1) is 0 Å². The molecule has 0 radical (unpaired) electrons. The molecule has 7 heteroatoms. The molecule has 0 aromatic heterocycles. The Morgan fingerprint density at radius 3 is 2.92 bits per heavy atom. The molecule has 0 bridgehead atoms. The first-order valence-corrected chi connectivity index (χ1v) is 9.53. The number of fused-ring (bicyclic) bond motifs is 3. The monoisotopic (exact) mass is 365 g/mol. The van der Waals surface area contributed by atoms with Crippen molar-refractivity contribution in [2.75, 3.05) is 13.1 Å². The Kier molecular flexibility index (Phi) is 3.90. The fourth-order valence-corrected chi connectivity index (χ4v) is 4.47. The van der Waals surface area contributed by atoms with E-state index >= 15 is 0 Å². The zero-order valence-corrected chi connectivity index (χ0v) is 14.3. The van der Waals surface area contributed by atoms with Gasteiger partial charge in [-0.25, -0.2) is 0 Å². The van der Waals surface area contributed by atoms with Crippen LogP contribution in [0.5, 0.6) is 11.5 Å². The van der Waals surface area contributed by atoms with Crippen LogP contribution >= 0.6 is 11.6 Å². The Bertz CT molecular complexity index is 884. The highest BCUT2D eigenvalue weighted by Gasteiger charge is 2.36. The molecule has 24 heavy (non-hydrogen) atoms. The van der Waals surface area contributed by atoms with Crippen molar-refractivity contribution in [3.8, 4) is 11.5 Å². The van der Waals surface area contributed by atoms with Crippen LogP contribution in [0.4, 0.5) is 0 Å². The zero-order valence-electron chi connectivity index (χ0n) is 12.7. The number of hydrogen-bond acceptors (Lipinski definition) is 5. The first-order valence-electron chi connectivity index (χ1n) is 7.74. The van der Waals surface area contributed by atoms with Gasteiger partial charge in [0.15, 0.2) is 0 Å². The van der Waals surface area contributed by atoms with Gasteiger partial charge in [-0.1, -0.05) is 17.7 Å². The van der Waals surface area contributed by atoms with Gasteiger partial charge in [0.2, 0.25) is 0 Å². The number of hydrogen-bond donors (Lipinski definition) is 1. The highest BCUT2D eigenvalue weighted by atomic mass is 35.5. The van der Waals surface area contributed by atoms with E-state index in [1.165, 1.54) is 12.1 Å². The van der Waals surface area contributed by atoms with E-state index in [1.54, 1.807) is 30.3 Å². The Morgan fingerprint density at radius 1 is 1.21 bits per heavy atom. The van der Waals surface area contributed by atoms with Crippen LogP contribution in [0.3, 0.4) is 0 Å². The fraction of sp³-hybridized carbons (Fsp3) is 0.294. The lowest BCUT2D eigenvalue weighted by Crippen LogP contribution is -2.39. The molecule has 0 aliphatic carbocycles. The summed E-state index contributed by atoms with van der Waals surface area (Å²) >= 11 is 5.86. The number of rotatable bonds is 3. The summed E-state index contributed by atoms with van der Waals surface area (Å²) in [6.07, 6.45) is 1.07. The summed E-state index contributed by atoms with van der Waals surface area (Å²) in [5.74, 6) is 1.37. The SMILES string of the molecule is O=S(=O)(Oc1ccc2c(c1)C1CCNCC1O2)c1cccc(Cl)c1. The molecule has 2 unspecified atom stereocenters. The van der Waals surface area contributed by atoms with Gasteiger partial charge >= 0.3 is 10.1 Å². The normalized spacial score (nSPS) is 22.4. The van der Waals surface area contributed by atoms with E-state index in [0.717, 1.165) is 30.8 Å². The van der Waals surface area contributed by atoms with Gasteiger partial charge in [0.25, 0.3) is 0 Å². The first-order chi connectivity index (χ1) is 11.5. The van der Waals surface area contributed by atoms with Gasteiger partial charge in [0, 0.05) is 23.0 Å². The van der Waals surface area contributed by atoms with E-state index in [4.69, 9.17) is 20.5 Å². The van der Waals surface area contributed by atoms with E-state index in [9.17, 15) is 8.42 Å². The molecule has 5 nitrogen and oxygen atoms in total. The van der Waals surface area contributed by atoms with Crippen molar-refractivity contribution in [3.05, 3.63) is 53.1 Å². The third-order valence-electron chi connectivity index (χ3n) is 4.38. The van der Waals surface area contributed by atoms with Crippen molar-refractivity contribution >= 4 is 21.7 Å². The van der Waals surface area contributed by atoms with E-state index < -0.39 is 10.1 Å². The largest absolute Gasteiger partial charge is 0.488 e. The maximum absolute atomic E-state index is 12.4. The summed E-state index contributed by atoms with van der Waals surface area (Å²) in [6.45, 7) is 1.73. The van der Waals surface area contributed by atoms with Crippen LogP contribution in [0.1, 0.15) is 17.9 Å². The van der Waals surface area contributed by atoms with Crippen LogP contribution in [0, 0.1) is 0 Å². The van der Waals surface area contributed by atoms with Crippen LogP contribution in [-0.4, -0.2) is 27.6 Å². The molecule has 1 N–H and O–H groups in total. The van der Waals surface area contributed by atoms with Gasteiger partial charge in [0.05, 0.1) is 0 Å². The lowest BCUT2D eigenvalue weighted by molar-refractivity contribution is 0.177. The Labute approximate surface area is 145 Å². The molecule has 0 amide bonds. The molecule has 2 heterocycles. The summed E-state index contributed by atoms with van der Waals surface area (Å²) < 4.78 is 36.0. The Morgan fingerprint density at radius 2 is 2.08 bits per heavy atom. The molecular weight excluding hydrogens is 350 g/mol. The summed E-state index contributed by atoms with van der Waals surface area (Å²) in [7, 11) is -3.92. The molecule has 2 atom stereocenters.